The van der Waals surface area contributed by atoms with Crippen molar-refractivity contribution in [3.05, 3.63) is 0 Å². The van der Waals surface area contributed by atoms with Gasteiger partial charge in [0.15, 0.2) is 6.10 Å². The number of carboxylic acids is 1. The zero-order chi connectivity index (χ0) is 11.1. The first-order valence-corrected chi connectivity index (χ1v) is 5.61. The summed E-state index contributed by atoms with van der Waals surface area (Å²) in [6, 6.07) is 0. The molecule has 2 fully saturated rings. The number of carbonyl (C=O) groups is 1. The van der Waals surface area contributed by atoms with Crippen molar-refractivity contribution in [2.75, 3.05) is 20.6 Å². The van der Waals surface area contributed by atoms with Crippen LogP contribution in [0.15, 0.2) is 0 Å². The lowest BCUT2D eigenvalue weighted by Gasteiger charge is -2.31. The summed E-state index contributed by atoms with van der Waals surface area (Å²) in [5.74, 6) is -0.400. The highest BCUT2D eigenvalue weighted by Gasteiger charge is 2.65. The van der Waals surface area contributed by atoms with Crippen LogP contribution in [-0.2, 0) is 9.53 Å². The molecule has 4 nitrogen and oxygen atoms in total. The van der Waals surface area contributed by atoms with Crippen LogP contribution in [0.3, 0.4) is 0 Å². The van der Waals surface area contributed by atoms with E-state index in [9.17, 15) is 4.79 Å². The molecule has 2 aliphatic rings. The normalized spacial score (nSPS) is 39.7. The molecular formula is C11H19NO3. The molecule has 15 heavy (non-hydrogen) atoms. The molecule has 0 aromatic carbocycles. The second-order valence-corrected chi connectivity index (χ2v) is 5.00. The number of epoxide rings is 1. The first kappa shape index (κ1) is 10.9. The van der Waals surface area contributed by atoms with Gasteiger partial charge in [-0.15, -0.1) is 0 Å². The standard InChI is InChI=1S/C11H19NO3/c1-12(2)7-8-5-3-4-6-11(8)9(15-11)10(13)14/h8-9H,3-7H2,1-2H3,(H,13,14). The Morgan fingerprint density at radius 3 is 2.80 bits per heavy atom. The minimum atomic E-state index is -0.791. The van der Waals surface area contributed by atoms with Crippen LogP contribution in [0.2, 0.25) is 0 Å². The van der Waals surface area contributed by atoms with Crippen molar-refractivity contribution >= 4 is 5.97 Å². The summed E-state index contributed by atoms with van der Waals surface area (Å²) in [7, 11) is 4.06. The fourth-order valence-electron chi connectivity index (χ4n) is 2.87. The molecule has 1 aliphatic carbocycles. The highest BCUT2D eigenvalue weighted by Crippen LogP contribution is 2.51. The van der Waals surface area contributed by atoms with E-state index in [0.717, 1.165) is 25.8 Å². The van der Waals surface area contributed by atoms with Gasteiger partial charge in [0.2, 0.25) is 0 Å². The van der Waals surface area contributed by atoms with Gasteiger partial charge < -0.3 is 14.7 Å². The summed E-state index contributed by atoms with van der Waals surface area (Å²) in [5, 5.41) is 8.98. The summed E-state index contributed by atoms with van der Waals surface area (Å²) < 4.78 is 5.49. The van der Waals surface area contributed by atoms with E-state index >= 15 is 0 Å². The van der Waals surface area contributed by atoms with Gasteiger partial charge in [-0.25, -0.2) is 4.79 Å². The smallest absolute Gasteiger partial charge is 0.335 e. The SMILES string of the molecule is CN(C)CC1CCCCC12OC2C(=O)O. The molecule has 3 unspecified atom stereocenters. The Balaban J connectivity index is 2.05. The van der Waals surface area contributed by atoms with Gasteiger partial charge in [0, 0.05) is 12.5 Å². The largest absolute Gasteiger partial charge is 0.479 e. The van der Waals surface area contributed by atoms with Crippen molar-refractivity contribution in [1.29, 1.82) is 0 Å². The fourth-order valence-corrected chi connectivity index (χ4v) is 2.87. The van der Waals surface area contributed by atoms with Gasteiger partial charge in [-0.3, -0.25) is 0 Å². The van der Waals surface area contributed by atoms with Crippen molar-refractivity contribution in [2.45, 2.75) is 37.4 Å². The quantitative estimate of drug-likeness (QED) is 0.709. The lowest BCUT2D eigenvalue weighted by Crippen LogP contribution is -2.39. The molecule has 86 valence electrons. The minimum absolute atomic E-state index is 0.325. The van der Waals surface area contributed by atoms with Crippen LogP contribution in [0.25, 0.3) is 0 Å². The van der Waals surface area contributed by atoms with Crippen molar-refractivity contribution < 1.29 is 14.6 Å². The van der Waals surface area contributed by atoms with Gasteiger partial charge >= 0.3 is 5.97 Å². The average molecular weight is 213 g/mol. The monoisotopic (exact) mass is 213 g/mol. The molecule has 1 spiro atoms. The fraction of sp³-hybridized carbons (Fsp3) is 0.909. The zero-order valence-electron chi connectivity index (χ0n) is 9.40. The predicted molar refractivity (Wildman–Crippen MR) is 55.8 cm³/mol. The summed E-state index contributed by atoms with van der Waals surface area (Å²) in [6.45, 7) is 0.934. The molecule has 1 saturated carbocycles. The van der Waals surface area contributed by atoms with E-state index in [0.29, 0.717) is 5.92 Å². The molecule has 3 atom stereocenters. The number of hydrogen-bond acceptors (Lipinski definition) is 3. The number of aliphatic carboxylic acids is 1. The van der Waals surface area contributed by atoms with E-state index in [4.69, 9.17) is 9.84 Å². The highest BCUT2D eigenvalue weighted by atomic mass is 16.6. The van der Waals surface area contributed by atoms with E-state index in [1.165, 1.54) is 6.42 Å². The van der Waals surface area contributed by atoms with Crippen molar-refractivity contribution in [1.82, 2.24) is 4.90 Å². The first-order chi connectivity index (χ1) is 7.06. The van der Waals surface area contributed by atoms with E-state index in [1.807, 2.05) is 14.1 Å². The Kier molecular flexibility index (Phi) is 2.73. The molecule has 0 amide bonds. The van der Waals surface area contributed by atoms with Gasteiger partial charge in [-0.2, -0.15) is 0 Å². The molecule has 1 aliphatic heterocycles. The molecule has 2 rings (SSSR count). The second-order valence-electron chi connectivity index (χ2n) is 5.00. The molecule has 1 heterocycles. The second kappa shape index (κ2) is 3.76. The van der Waals surface area contributed by atoms with Gasteiger partial charge in [0.05, 0.1) is 0 Å². The minimum Gasteiger partial charge on any atom is -0.479 e. The number of nitrogens with zero attached hydrogens (tertiary/aromatic N) is 1. The third-order valence-corrected chi connectivity index (χ3v) is 3.59. The third kappa shape index (κ3) is 1.88. The number of carboxylic acid groups (broad SMARTS) is 1. The summed E-state index contributed by atoms with van der Waals surface area (Å²) in [6.07, 6.45) is 3.79. The molecular weight excluding hydrogens is 194 g/mol. The Morgan fingerprint density at radius 2 is 2.27 bits per heavy atom. The maximum Gasteiger partial charge on any atom is 0.335 e. The molecule has 1 saturated heterocycles. The van der Waals surface area contributed by atoms with Gasteiger partial charge in [-0.1, -0.05) is 12.8 Å². The van der Waals surface area contributed by atoms with Crippen LogP contribution in [-0.4, -0.2) is 48.3 Å². The van der Waals surface area contributed by atoms with Crippen LogP contribution in [0.5, 0.6) is 0 Å². The van der Waals surface area contributed by atoms with Gasteiger partial charge in [0.1, 0.15) is 5.60 Å². The maximum absolute atomic E-state index is 10.9. The third-order valence-electron chi connectivity index (χ3n) is 3.59. The predicted octanol–water partition coefficient (Wildman–Crippen LogP) is 0.960. The summed E-state index contributed by atoms with van der Waals surface area (Å²) in [5.41, 5.74) is -0.325. The average Bonchev–Trinajstić information content (AvgIpc) is 2.85. The molecule has 0 radical (unpaired) electrons. The molecule has 0 bridgehead atoms. The van der Waals surface area contributed by atoms with Gasteiger partial charge in [-0.05, 0) is 26.9 Å². The topological polar surface area (TPSA) is 53.1 Å². The van der Waals surface area contributed by atoms with E-state index in [1.54, 1.807) is 0 Å². The molecule has 4 heteroatoms. The first-order valence-electron chi connectivity index (χ1n) is 5.61. The molecule has 0 aromatic heterocycles. The van der Waals surface area contributed by atoms with E-state index < -0.39 is 12.1 Å². The summed E-state index contributed by atoms with van der Waals surface area (Å²) in [4.78, 5) is 13.1. The van der Waals surface area contributed by atoms with Gasteiger partial charge in [0.25, 0.3) is 0 Å². The number of ether oxygens (including phenoxy) is 1. The van der Waals surface area contributed by atoms with Crippen molar-refractivity contribution in [3.63, 3.8) is 0 Å². The number of rotatable bonds is 3. The van der Waals surface area contributed by atoms with Crippen LogP contribution < -0.4 is 0 Å². The number of hydrogen-bond donors (Lipinski definition) is 1. The van der Waals surface area contributed by atoms with E-state index in [2.05, 4.69) is 4.90 Å². The zero-order valence-corrected chi connectivity index (χ0v) is 9.40. The lowest BCUT2D eigenvalue weighted by atomic mass is 9.76. The maximum atomic E-state index is 10.9. The van der Waals surface area contributed by atoms with Crippen molar-refractivity contribution in [2.24, 2.45) is 5.92 Å². The Bertz CT molecular complexity index is 267. The van der Waals surface area contributed by atoms with Crippen LogP contribution in [0.4, 0.5) is 0 Å². The van der Waals surface area contributed by atoms with Crippen LogP contribution in [0, 0.1) is 5.92 Å². The van der Waals surface area contributed by atoms with Crippen LogP contribution >= 0.6 is 0 Å². The highest BCUT2D eigenvalue weighted by molar-refractivity contribution is 5.77. The lowest BCUT2D eigenvalue weighted by molar-refractivity contribution is -0.138. The van der Waals surface area contributed by atoms with Crippen molar-refractivity contribution in [3.8, 4) is 0 Å². The Hall–Kier alpha value is -0.610. The van der Waals surface area contributed by atoms with E-state index in [-0.39, 0.29) is 5.60 Å². The molecule has 0 aromatic rings. The summed E-state index contributed by atoms with van der Waals surface area (Å²) >= 11 is 0. The Labute approximate surface area is 90.2 Å². The molecule has 1 N–H and O–H groups in total. The van der Waals surface area contributed by atoms with Crippen LogP contribution in [0.1, 0.15) is 25.7 Å². The Morgan fingerprint density at radius 1 is 1.53 bits per heavy atom.